The van der Waals surface area contributed by atoms with Gasteiger partial charge in [0.2, 0.25) is 5.91 Å². The Bertz CT molecular complexity index is 722. The van der Waals surface area contributed by atoms with Gasteiger partial charge in [-0.1, -0.05) is 0 Å². The van der Waals surface area contributed by atoms with Gasteiger partial charge in [0.1, 0.15) is 6.04 Å². The number of hydrogen-bond donors (Lipinski definition) is 2. The first-order chi connectivity index (χ1) is 9.88. The number of nitrogens with zero attached hydrogens (tertiary/aromatic N) is 2. The fourth-order valence-corrected chi connectivity index (χ4v) is 2.07. The lowest BCUT2D eigenvalue weighted by Crippen LogP contribution is -2.42. The number of carbonyl (C=O) groups is 2. The van der Waals surface area contributed by atoms with Crippen molar-refractivity contribution in [3.8, 4) is 0 Å². The van der Waals surface area contributed by atoms with Crippen LogP contribution in [-0.4, -0.2) is 32.5 Å². The second-order valence-electron chi connectivity index (χ2n) is 4.56. The third-order valence-electron chi connectivity index (χ3n) is 3.02. The molecule has 0 saturated carbocycles. The number of nitro benzene ring substituents is 1. The number of carboxylic acid groups (broad SMARTS) is 1. The summed E-state index contributed by atoms with van der Waals surface area (Å²) in [6.07, 6.45) is 1.63. The van der Waals surface area contributed by atoms with Crippen LogP contribution in [-0.2, 0) is 16.1 Å². The molecule has 1 unspecified atom stereocenters. The van der Waals surface area contributed by atoms with Gasteiger partial charge in [-0.15, -0.1) is 0 Å². The van der Waals surface area contributed by atoms with Crippen LogP contribution >= 0.6 is 0 Å². The topological polar surface area (TPSA) is 114 Å². The molecular weight excluding hydrogens is 278 g/mol. The molecule has 1 aromatic heterocycles. The van der Waals surface area contributed by atoms with Crippen molar-refractivity contribution in [3.05, 3.63) is 40.6 Å². The van der Waals surface area contributed by atoms with E-state index in [0.717, 1.165) is 5.39 Å². The lowest BCUT2D eigenvalue weighted by atomic mass is 10.2. The molecule has 1 amide bonds. The highest BCUT2D eigenvalue weighted by molar-refractivity contribution is 5.84. The van der Waals surface area contributed by atoms with Gasteiger partial charge in [-0.3, -0.25) is 14.9 Å². The van der Waals surface area contributed by atoms with Gasteiger partial charge in [-0.05, 0) is 12.1 Å². The fourth-order valence-electron chi connectivity index (χ4n) is 2.07. The number of non-ortho nitro benzene ring substituents is 1. The van der Waals surface area contributed by atoms with E-state index in [0.29, 0.717) is 5.52 Å². The monoisotopic (exact) mass is 291 g/mol. The van der Waals surface area contributed by atoms with E-state index in [1.54, 1.807) is 22.9 Å². The summed E-state index contributed by atoms with van der Waals surface area (Å²) in [6, 6.07) is 4.98. The number of carbonyl (C=O) groups excluding carboxylic acids is 1. The fraction of sp³-hybridized carbons (Fsp3) is 0.231. The van der Waals surface area contributed by atoms with E-state index < -0.39 is 22.8 Å². The average Bonchev–Trinajstić information content (AvgIpc) is 2.79. The molecule has 2 N–H and O–H groups in total. The van der Waals surface area contributed by atoms with Crippen LogP contribution in [0, 0.1) is 10.1 Å². The Kier molecular flexibility index (Phi) is 3.88. The van der Waals surface area contributed by atoms with Crippen molar-refractivity contribution < 1.29 is 19.6 Å². The second kappa shape index (κ2) is 5.61. The molecule has 110 valence electrons. The number of benzene rings is 1. The van der Waals surface area contributed by atoms with Crippen molar-refractivity contribution in [1.29, 1.82) is 0 Å². The van der Waals surface area contributed by atoms with Crippen LogP contribution in [0.1, 0.15) is 6.92 Å². The third kappa shape index (κ3) is 3.16. The quantitative estimate of drug-likeness (QED) is 0.633. The summed E-state index contributed by atoms with van der Waals surface area (Å²) in [5, 5.41) is 23.0. The molecule has 0 aliphatic rings. The number of fused-ring (bicyclic) bond motifs is 1. The highest BCUT2D eigenvalue weighted by Crippen LogP contribution is 2.22. The average molecular weight is 291 g/mol. The summed E-state index contributed by atoms with van der Waals surface area (Å²) in [7, 11) is 0. The number of aromatic nitrogens is 1. The molecule has 0 aliphatic carbocycles. The number of hydrogen-bond acceptors (Lipinski definition) is 4. The zero-order valence-electron chi connectivity index (χ0n) is 11.1. The molecule has 1 aromatic carbocycles. The molecule has 1 heterocycles. The normalized spacial score (nSPS) is 12.0. The van der Waals surface area contributed by atoms with Crippen molar-refractivity contribution in [2.24, 2.45) is 0 Å². The molecule has 0 radical (unpaired) electrons. The molecule has 0 spiro atoms. The standard InChI is InChI=1S/C13H13N3O5/c1-8(17)14-11(13(18)19)7-15-5-4-9-2-3-10(16(20)21)6-12(9)15/h2-6,11H,7H2,1H3,(H,14,17)(H,18,19). The van der Waals surface area contributed by atoms with Crippen LogP contribution in [0.4, 0.5) is 5.69 Å². The van der Waals surface area contributed by atoms with Crippen LogP contribution < -0.4 is 5.32 Å². The SMILES string of the molecule is CC(=O)NC(Cn1ccc2ccc([N+](=O)[O-])cc21)C(=O)O. The Morgan fingerprint density at radius 3 is 2.71 bits per heavy atom. The van der Waals surface area contributed by atoms with E-state index in [1.165, 1.54) is 19.1 Å². The van der Waals surface area contributed by atoms with Gasteiger partial charge >= 0.3 is 5.97 Å². The maximum atomic E-state index is 11.1. The Morgan fingerprint density at radius 1 is 1.43 bits per heavy atom. The summed E-state index contributed by atoms with van der Waals surface area (Å²) >= 11 is 0. The Hall–Kier alpha value is -2.90. The summed E-state index contributed by atoms with van der Waals surface area (Å²) < 4.78 is 1.57. The number of nitrogens with one attached hydrogen (secondary N) is 1. The van der Waals surface area contributed by atoms with E-state index >= 15 is 0 Å². The first-order valence-electron chi connectivity index (χ1n) is 6.11. The second-order valence-corrected chi connectivity index (χ2v) is 4.56. The zero-order chi connectivity index (χ0) is 15.6. The lowest BCUT2D eigenvalue weighted by Gasteiger charge is -2.14. The minimum absolute atomic E-state index is 0.0143. The van der Waals surface area contributed by atoms with Crippen LogP contribution in [0.2, 0.25) is 0 Å². The van der Waals surface area contributed by atoms with E-state index in [4.69, 9.17) is 5.11 Å². The molecule has 0 bridgehead atoms. The number of carboxylic acids is 1. The summed E-state index contributed by atoms with van der Waals surface area (Å²) in [5.74, 6) is -1.62. The summed E-state index contributed by atoms with van der Waals surface area (Å²) in [5.41, 5.74) is 0.467. The predicted octanol–water partition coefficient (Wildman–Crippen LogP) is 1.14. The first-order valence-corrected chi connectivity index (χ1v) is 6.11. The van der Waals surface area contributed by atoms with Crippen LogP contribution in [0.15, 0.2) is 30.5 Å². The Morgan fingerprint density at radius 2 is 2.14 bits per heavy atom. The number of nitro groups is 1. The van der Waals surface area contributed by atoms with Crippen LogP contribution in [0.5, 0.6) is 0 Å². The van der Waals surface area contributed by atoms with Crippen molar-refractivity contribution in [2.45, 2.75) is 19.5 Å². The number of amides is 1. The molecule has 8 heteroatoms. The van der Waals surface area contributed by atoms with Gasteiger partial charge in [0.25, 0.3) is 5.69 Å². The van der Waals surface area contributed by atoms with Crippen LogP contribution in [0.25, 0.3) is 10.9 Å². The number of rotatable bonds is 5. The highest BCUT2D eigenvalue weighted by atomic mass is 16.6. The van der Waals surface area contributed by atoms with Gasteiger partial charge in [0.05, 0.1) is 17.0 Å². The lowest BCUT2D eigenvalue weighted by molar-refractivity contribution is -0.384. The molecular formula is C13H13N3O5. The minimum atomic E-state index is -1.17. The molecule has 0 aliphatic heterocycles. The van der Waals surface area contributed by atoms with E-state index in [1.807, 2.05) is 0 Å². The highest BCUT2D eigenvalue weighted by Gasteiger charge is 2.20. The number of aliphatic carboxylic acids is 1. The smallest absolute Gasteiger partial charge is 0.328 e. The van der Waals surface area contributed by atoms with Gasteiger partial charge in [0.15, 0.2) is 0 Å². The van der Waals surface area contributed by atoms with Crippen LogP contribution in [0.3, 0.4) is 0 Å². The van der Waals surface area contributed by atoms with E-state index in [-0.39, 0.29) is 12.2 Å². The van der Waals surface area contributed by atoms with Crippen molar-refractivity contribution in [2.75, 3.05) is 0 Å². The maximum absolute atomic E-state index is 11.1. The summed E-state index contributed by atoms with van der Waals surface area (Å²) in [6.45, 7) is 1.22. The Labute approximate surface area is 119 Å². The van der Waals surface area contributed by atoms with Gasteiger partial charge in [-0.2, -0.15) is 0 Å². The molecule has 0 fully saturated rings. The van der Waals surface area contributed by atoms with E-state index in [9.17, 15) is 19.7 Å². The molecule has 2 aromatic rings. The third-order valence-corrected chi connectivity index (χ3v) is 3.02. The van der Waals surface area contributed by atoms with Crippen molar-refractivity contribution >= 4 is 28.5 Å². The maximum Gasteiger partial charge on any atom is 0.328 e. The van der Waals surface area contributed by atoms with Gasteiger partial charge in [0, 0.05) is 30.6 Å². The zero-order valence-corrected chi connectivity index (χ0v) is 11.1. The van der Waals surface area contributed by atoms with Gasteiger partial charge < -0.3 is 15.0 Å². The largest absolute Gasteiger partial charge is 0.480 e. The molecule has 0 saturated heterocycles. The van der Waals surface area contributed by atoms with Crippen molar-refractivity contribution in [3.63, 3.8) is 0 Å². The van der Waals surface area contributed by atoms with Gasteiger partial charge in [-0.25, -0.2) is 4.79 Å². The Balaban J connectivity index is 2.36. The minimum Gasteiger partial charge on any atom is -0.480 e. The summed E-state index contributed by atoms with van der Waals surface area (Å²) in [4.78, 5) is 32.4. The predicted molar refractivity (Wildman–Crippen MR) is 73.8 cm³/mol. The molecule has 8 nitrogen and oxygen atoms in total. The van der Waals surface area contributed by atoms with Crippen molar-refractivity contribution in [1.82, 2.24) is 9.88 Å². The molecule has 1 atom stereocenters. The van der Waals surface area contributed by atoms with E-state index in [2.05, 4.69) is 5.32 Å². The first kappa shape index (κ1) is 14.5. The molecule has 21 heavy (non-hydrogen) atoms. The molecule has 2 rings (SSSR count).